The molecule has 1 aliphatic rings. The van der Waals surface area contributed by atoms with Gasteiger partial charge in [0.2, 0.25) is 0 Å². The third-order valence-corrected chi connectivity index (χ3v) is 3.66. The van der Waals surface area contributed by atoms with Gasteiger partial charge in [-0.15, -0.1) is 0 Å². The molecule has 20 heavy (non-hydrogen) atoms. The number of nitrogens with one attached hydrogen (secondary N) is 1. The predicted molar refractivity (Wildman–Crippen MR) is 79.5 cm³/mol. The van der Waals surface area contributed by atoms with Gasteiger partial charge in [0.15, 0.2) is 0 Å². The molecule has 0 fully saturated rings. The van der Waals surface area contributed by atoms with Gasteiger partial charge in [-0.2, -0.15) is 0 Å². The van der Waals surface area contributed by atoms with E-state index in [0.29, 0.717) is 6.04 Å². The highest BCUT2D eigenvalue weighted by Gasteiger charge is 2.19. The minimum Gasteiger partial charge on any atom is -0.362 e. The fraction of sp³-hybridized carbons (Fsp3) is 0.467. The van der Waals surface area contributed by atoms with E-state index in [2.05, 4.69) is 50.9 Å². The topological polar surface area (TPSA) is 46.0 Å². The molecule has 0 saturated heterocycles. The lowest BCUT2D eigenvalue weighted by Gasteiger charge is -2.31. The van der Waals surface area contributed by atoms with Crippen molar-refractivity contribution in [2.75, 3.05) is 11.4 Å². The van der Waals surface area contributed by atoms with Crippen LogP contribution < -0.4 is 10.2 Å². The van der Waals surface area contributed by atoms with Crippen molar-refractivity contribution in [3.63, 3.8) is 0 Å². The number of imidazole rings is 1. The molecule has 0 aromatic carbocycles. The monoisotopic (exact) mass is 271 g/mol. The molecule has 5 nitrogen and oxygen atoms in total. The Kier molecular flexibility index (Phi) is 3.69. The Morgan fingerprint density at radius 1 is 1.30 bits per heavy atom. The van der Waals surface area contributed by atoms with Crippen LogP contribution in [-0.4, -0.2) is 27.1 Å². The smallest absolute Gasteiger partial charge is 0.128 e. The van der Waals surface area contributed by atoms with Crippen molar-refractivity contribution >= 4 is 5.69 Å². The summed E-state index contributed by atoms with van der Waals surface area (Å²) in [6, 6.07) is 2.58. The molecule has 0 unspecified atom stereocenters. The summed E-state index contributed by atoms with van der Waals surface area (Å²) in [4.78, 5) is 11.1. The third kappa shape index (κ3) is 2.67. The van der Waals surface area contributed by atoms with E-state index < -0.39 is 0 Å². The van der Waals surface area contributed by atoms with E-state index in [9.17, 15) is 0 Å². The highest BCUT2D eigenvalue weighted by Crippen LogP contribution is 2.23. The SMILES string of the molecule is CC(C)NCc1cnccc1N1CCn2ccnc2C1. The molecule has 0 spiro atoms. The first kappa shape index (κ1) is 13.1. The molecule has 5 heteroatoms. The van der Waals surface area contributed by atoms with Crippen molar-refractivity contribution in [3.8, 4) is 0 Å². The first-order valence-electron chi connectivity index (χ1n) is 7.15. The molecule has 0 aliphatic carbocycles. The van der Waals surface area contributed by atoms with E-state index in [1.165, 1.54) is 11.3 Å². The van der Waals surface area contributed by atoms with Gasteiger partial charge in [-0.3, -0.25) is 4.98 Å². The molecule has 1 aliphatic heterocycles. The Bertz CT molecular complexity index is 575. The second kappa shape index (κ2) is 5.63. The molecule has 0 bridgehead atoms. The number of hydrogen-bond donors (Lipinski definition) is 1. The standard InChI is InChI=1S/C15H21N5/c1-12(2)18-10-13-9-16-4-3-14(13)20-8-7-19-6-5-17-15(19)11-20/h3-6,9,12,18H,7-8,10-11H2,1-2H3. The minimum atomic E-state index is 0.475. The van der Waals surface area contributed by atoms with E-state index in [1.54, 1.807) is 0 Å². The van der Waals surface area contributed by atoms with E-state index >= 15 is 0 Å². The van der Waals surface area contributed by atoms with Crippen LogP contribution in [0.4, 0.5) is 5.69 Å². The number of rotatable bonds is 4. The van der Waals surface area contributed by atoms with Gasteiger partial charge in [-0.25, -0.2) is 4.98 Å². The Morgan fingerprint density at radius 2 is 2.20 bits per heavy atom. The van der Waals surface area contributed by atoms with Gasteiger partial charge in [0, 0.05) is 61.7 Å². The van der Waals surface area contributed by atoms with Crippen LogP contribution in [-0.2, 0) is 19.6 Å². The maximum atomic E-state index is 4.43. The number of fused-ring (bicyclic) bond motifs is 1. The Labute approximate surface area is 119 Å². The fourth-order valence-corrected chi connectivity index (χ4v) is 2.56. The van der Waals surface area contributed by atoms with Crippen molar-refractivity contribution < 1.29 is 0 Å². The van der Waals surface area contributed by atoms with Crippen LogP contribution in [0, 0.1) is 0 Å². The normalized spacial score (nSPS) is 14.7. The second-order valence-electron chi connectivity index (χ2n) is 5.50. The summed E-state index contributed by atoms with van der Waals surface area (Å²) in [7, 11) is 0. The summed E-state index contributed by atoms with van der Waals surface area (Å²) in [5.41, 5.74) is 2.52. The Hall–Kier alpha value is -1.88. The molecule has 1 N–H and O–H groups in total. The predicted octanol–water partition coefficient (Wildman–Crippen LogP) is 1.80. The van der Waals surface area contributed by atoms with Crippen molar-refractivity contribution in [1.82, 2.24) is 19.9 Å². The lowest BCUT2D eigenvalue weighted by Crippen LogP contribution is -2.34. The first-order valence-corrected chi connectivity index (χ1v) is 7.15. The number of aromatic nitrogens is 3. The number of nitrogens with zero attached hydrogens (tertiary/aromatic N) is 4. The van der Waals surface area contributed by atoms with E-state index in [-0.39, 0.29) is 0 Å². The average molecular weight is 271 g/mol. The van der Waals surface area contributed by atoms with Crippen molar-refractivity contribution in [2.45, 2.75) is 39.5 Å². The van der Waals surface area contributed by atoms with Gasteiger partial charge in [0.05, 0.1) is 6.54 Å². The molecule has 3 rings (SSSR count). The highest BCUT2D eigenvalue weighted by molar-refractivity contribution is 5.52. The molecule has 0 saturated carbocycles. The van der Waals surface area contributed by atoms with Crippen LogP contribution in [0.5, 0.6) is 0 Å². The lowest BCUT2D eigenvalue weighted by atomic mass is 10.2. The summed E-state index contributed by atoms with van der Waals surface area (Å²) in [5.74, 6) is 1.14. The van der Waals surface area contributed by atoms with Crippen LogP contribution in [0.1, 0.15) is 25.2 Å². The van der Waals surface area contributed by atoms with E-state index in [1.807, 2.05) is 18.6 Å². The van der Waals surface area contributed by atoms with E-state index in [0.717, 1.165) is 32.0 Å². The Balaban J connectivity index is 1.80. The number of anilines is 1. The molecule has 2 aromatic heterocycles. The zero-order valence-corrected chi connectivity index (χ0v) is 12.1. The maximum Gasteiger partial charge on any atom is 0.128 e. The third-order valence-electron chi connectivity index (χ3n) is 3.66. The average Bonchev–Trinajstić information content (AvgIpc) is 2.92. The molecule has 2 aromatic rings. The summed E-state index contributed by atoms with van der Waals surface area (Å²) in [6.45, 7) is 8.05. The van der Waals surface area contributed by atoms with Gasteiger partial charge in [-0.1, -0.05) is 13.8 Å². The number of pyridine rings is 1. The van der Waals surface area contributed by atoms with Crippen molar-refractivity contribution in [2.24, 2.45) is 0 Å². The molecular weight excluding hydrogens is 250 g/mol. The number of hydrogen-bond acceptors (Lipinski definition) is 4. The molecule has 3 heterocycles. The van der Waals surface area contributed by atoms with Gasteiger partial charge in [0.25, 0.3) is 0 Å². The van der Waals surface area contributed by atoms with Gasteiger partial charge < -0.3 is 14.8 Å². The summed E-state index contributed by atoms with van der Waals surface area (Å²) >= 11 is 0. The zero-order valence-electron chi connectivity index (χ0n) is 12.1. The molecular formula is C15H21N5. The van der Waals surface area contributed by atoms with Gasteiger partial charge >= 0.3 is 0 Å². The molecule has 0 atom stereocenters. The minimum absolute atomic E-state index is 0.475. The molecule has 106 valence electrons. The van der Waals surface area contributed by atoms with Crippen LogP contribution in [0.3, 0.4) is 0 Å². The lowest BCUT2D eigenvalue weighted by molar-refractivity contribution is 0.552. The first-order chi connectivity index (χ1) is 9.74. The summed E-state index contributed by atoms with van der Waals surface area (Å²) in [5, 5.41) is 3.47. The molecule has 0 amide bonds. The van der Waals surface area contributed by atoms with Gasteiger partial charge in [-0.05, 0) is 6.07 Å². The van der Waals surface area contributed by atoms with Crippen LogP contribution in [0.2, 0.25) is 0 Å². The van der Waals surface area contributed by atoms with E-state index in [4.69, 9.17) is 0 Å². The summed E-state index contributed by atoms with van der Waals surface area (Å²) in [6.07, 6.45) is 7.77. The van der Waals surface area contributed by atoms with Crippen LogP contribution in [0.25, 0.3) is 0 Å². The fourth-order valence-electron chi connectivity index (χ4n) is 2.56. The largest absolute Gasteiger partial charge is 0.362 e. The second-order valence-corrected chi connectivity index (χ2v) is 5.50. The quantitative estimate of drug-likeness (QED) is 0.921. The highest BCUT2D eigenvalue weighted by atomic mass is 15.2. The van der Waals surface area contributed by atoms with Crippen molar-refractivity contribution in [1.29, 1.82) is 0 Å². The summed E-state index contributed by atoms with van der Waals surface area (Å²) < 4.78 is 2.23. The maximum absolute atomic E-state index is 4.43. The van der Waals surface area contributed by atoms with Crippen molar-refractivity contribution in [3.05, 3.63) is 42.2 Å². The van der Waals surface area contributed by atoms with Gasteiger partial charge in [0.1, 0.15) is 5.82 Å². The van der Waals surface area contributed by atoms with Crippen LogP contribution >= 0.6 is 0 Å². The zero-order chi connectivity index (χ0) is 13.9. The van der Waals surface area contributed by atoms with Crippen LogP contribution in [0.15, 0.2) is 30.9 Å². The Morgan fingerprint density at radius 3 is 3.05 bits per heavy atom. The molecule has 0 radical (unpaired) electrons.